The molecule has 0 N–H and O–H groups in total. The Morgan fingerprint density at radius 1 is 1.18 bits per heavy atom. The number of benzene rings is 1. The Bertz CT molecular complexity index is 458. The Hall–Kier alpha value is -0.933. The molecule has 0 radical (unpaired) electrons. The Labute approximate surface area is 104 Å². The molecule has 0 heterocycles. The molecule has 0 saturated carbocycles. The van der Waals surface area contributed by atoms with Crippen molar-refractivity contribution in [2.24, 2.45) is 0 Å². The zero-order valence-electron chi connectivity index (χ0n) is 11.2. The second-order valence-electron chi connectivity index (χ2n) is 6.21. The van der Waals surface area contributed by atoms with Crippen LogP contribution < -0.4 is 0 Å². The lowest BCUT2D eigenvalue weighted by Gasteiger charge is -2.41. The van der Waals surface area contributed by atoms with E-state index in [-0.39, 0.29) is 16.9 Å². The minimum atomic E-state index is -1.87. The summed E-state index contributed by atoms with van der Waals surface area (Å²) < 4.78 is 6.17. The summed E-state index contributed by atoms with van der Waals surface area (Å²) >= 11 is 0. The first-order valence-electron chi connectivity index (χ1n) is 6.05. The maximum Gasteiger partial charge on any atom is 0.195 e. The number of rotatable bonds is 2. The van der Waals surface area contributed by atoms with Gasteiger partial charge in [0, 0.05) is 5.56 Å². The minimum Gasteiger partial charge on any atom is -0.403 e. The van der Waals surface area contributed by atoms with Crippen LogP contribution in [0.15, 0.2) is 24.3 Å². The molecule has 1 aliphatic rings. The first-order chi connectivity index (χ1) is 7.74. The molecule has 0 aliphatic heterocycles. The highest BCUT2D eigenvalue weighted by Gasteiger charge is 2.45. The van der Waals surface area contributed by atoms with Crippen LogP contribution in [-0.2, 0) is 4.43 Å². The van der Waals surface area contributed by atoms with E-state index in [1.807, 2.05) is 24.3 Å². The lowest BCUT2D eigenvalue weighted by Crippen LogP contribution is -2.45. The van der Waals surface area contributed by atoms with Crippen molar-refractivity contribution in [3.8, 4) is 0 Å². The Balaban J connectivity index is 2.22. The first kappa shape index (κ1) is 12.5. The highest BCUT2D eigenvalue weighted by Crippen LogP contribution is 2.44. The van der Waals surface area contributed by atoms with Crippen molar-refractivity contribution in [3.63, 3.8) is 0 Å². The predicted molar refractivity (Wildman–Crippen MR) is 71.8 cm³/mol. The summed E-state index contributed by atoms with van der Waals surface area (Å²) in [4.78, 5) is 12.0. The molecular weight excluding hydrogens is 228 g/mol. The topological polar surface area (TPSA) is 26.3 Å². The van der Waals surface area contributed by atoms with Crippen molar-refractivity contribution in [2.75, 3.05) is 0 Å². The van der Waals surface area contributed by atoms with E-state index in [1.165, 1.54) is 0 Å². The molecule has 17 heavy (non-hydrogen) atoms. The summed E-state index contributed by atoms with van der Waals surface area (Å²) in [5.74, 6) is 0.144. The number of hydrogen-bond acceptors (Lipinski definition) is 2. The quantitative estimate of drug-likeness (QED) is 0.741. The van der Waals surface area contributed by atoms with E-state index in [0.29, 0.717) is 0 Å². The maximum atomic E-state index is 12.0. The van der Waals surface area contributed by atoms with Gasteiger partial charge in [-0.25, -0.2) is 0 Å². The van der Waals surface area contributed by atoms with Crippen LogP contribution in [0.2, 0.25) is 18.1 Å². The summed E-state index contributed by atoms with van der Waals surface area (Å²) in [6.45, 7) is 10.9. The van der Waals surface area contributed by atoms with Gasteiger partial charge in [-0.1, -0.05) is 45.0 Å². The smallest absolute Gasteiger partial charge is 0.195 e. The van der Waals surface area contributed by atoms with Crippen molar-refractivity contribution in [2.45, 2.75) is 45.0 Å². The van der Waals surface area contributed by atoms with Gasteiger partial charge in [-0.15, -0.1) is 0 Å². The van der Waals surface area contributed by atoms with Gasteiger partial charge in [0.25, 0.3) is 0 Å². The number of fused-ring (bicyclic) bond motifs is 1. The summed E-state index contributed by atoms with van der Waals surface area (Å²) in [7, 11) is -1.87. The van der Waals surface area contributed by atoms with Gasteiger partial charge < -0.3 is 4.43 Å². The van der Waals surface area contributed by atoms with Crippen LogP contribution in [0.25, 0.3) is 0 Å². The van der Waals surface area contributed by atoms with Crippen molar-refractivity contribution >= 4 is 14.1 Å². The molecule has 0 spiro atoms. The number of carbonyl (C=O) groups is 1. The van der Waals surface area contributed by atoms with Gasteiger partial charge in [0.15, 0.2) is 14.1 Å². The molecule has 0 saturated heterocycles. The first-order valence-corrected chi connectivity index (χ1v) is 8.96. The van der Waals surface area contributed by atoms with Crippen molar-refractivity contribution in [3.05, 3.63) is 35.4 Å². The summed E-state index contributed by atoms with van der Waals surface area (Å²) in [5, 5.41) is 0.137. The molecule has 3 heteroatoms. The third-order valence-electron chi connectivity index (χ3n) is 3.97. The molecule has 0 amide bonds. The minimum absolute atomic E-state index is 0.137. The fourth-order valence-corrected chi connectivity index (χ4v) is 2.92. The Morgan fingerprint density at radius 3 is 2.35 bits per heavy atom. The third-order valence-corrected chi connectivity index (χ3v) is 8.40. The second kappa shape index (κ2) is 3.78. The maximum absolute atomic E-state index is 12.0. The summed E-state index contributed by atoms with van der Waals surface area (Å²) in [6, 6.07) is 7.74. The van der Waals surface area contributed by atoms with Crippen LogP contribution in [0.5, 0.6) is 0 Å². The molecule has 0 bridgehead atoms. The lowest BCUT2D eigenvalue weighted by molar-refractivity contribution is 0.0697. The fraction of sp³-hybridized carbons (Fsp3) is 0.500. The molecule has 0 aromatic heterocycles. The average Bonchev–Trinajstić information content (AvgIpc) is 2.24. The van der Waals surface area contributed by atoms with Gasteiger partial charge in [-0.3, -0.25) is 4.79 Å². The summed E-state index contributed by atoms with van der Waals surface area (Å²) in [6.07, 6.45) is -0.313. The van der Waals surface area contributed by atoms with Gasteiger partial charge >= 0.3 is 0 Å². The van der Waals surface area contributed by atoms with Crippen molar-refractivity contribution < 1.29 is 9.22 Å². The monoisotopic (exact) mass is 248 g/mol. The standard InChI is InChI=1S/C14H20O2Si/c1-14(2,3)17(4,5)16-13-11-9-7-6-8-10(11)12(13)15/h6-9,13H,1-5H3. The highest BCUT2D eigenvalue weighted by atomic mass is 28.4. The number of Topliss-reactive ketones (excluding diaryl/α,β-unsaturated/α-hetero) is 1. The molecular formula is C14H20O2Si. The van der Waals surface area contributed by atoms with E-state index in [2.05, 4.69) is 33.9 Å². The van der Waals surface area contributed by atoms with E-state index in [1.54, 1.807) is 0 Å². The molecule has 2 rings (SSSR count). The zero-order valence-corrected chi connectivity index (χ0v) is 12.2. The van der Waals surface area contributed by atoms with Gasteiger partial charge in [-0.05, 0) is 23.7 Å². The van der Waals surface area contributed by atoms with Gasteiger partial charge in [0.1, 0.15) is 6.10 Å². The lowest BCUT2D eigenvalue weighted by atomic mass is 9.84. The van der Waals surface area contributed by atoms with Crippen molar-refractivity contribution in [1.82, 2.24) is 0 Å². The molecule has 1 unspecified atom stereocenters. The summed E-state index contributed by atoms with van der Waals surface area (Å²) in [5.41, 5.74) is 1.89. The molecule has 1 aromatic rings. The Morgan fingerprint density at radius 2 is 1.76 bits per heavy atom. The van der Waals surface area contributed by atoms with Gasteiger partial charge in [0.05, 0.1) is 0 Å². The molecule has 1 aromatic carbocycles. The van der Waals surface area contributed by atoms with Crippen LogP contribution in [0.3, 0.4) is 0 Å². The highest BCUT2D eigenvalue weighted by molar-refractivity contribution is 6.74. The second-order valence-corrected chi connectivity index (χ2v) is 11.0. The van der Waals surface area contributed by atoms with Gasteiger partial charge in [0.2, 0.25) is 0 Å². The van der Waals surface area contributed by atoms with Crippen LogP contribution in [0.4, 0.5) is 0 Å². The normalized spacial score (nSPS) is 19.8. The fourth-order valence-electron chi connectivity index (χ4n) is 1.74. The molecule has 1 atom stereocenters. The van der Waals surface area contributed by atoms with E-state index < -0.39 is 8.32 Å². The average molecular weight is 248 g/mol. The van der Waals surface area contributed by atoms with E-state index >= 15 is 0 Å². The van der Waals surface area contributed by atoms with Crippen LogP contribution in [0, 0.1) is 0 Å². The number of carbonyl (C=O) groups excluding carboxylic acids is 1. The third kappa shape index (κ3) is 1.98. The van der Waals surface area contributed by atoms with Gasteiger partial charge in [-0.2, -0.15) is 0 Å². The number of ketones is 1. The molecule has 2 nitrogen and oxygen atoms in total. The van der Waals surface area contributed by atoms with E-state index in [9.17, 15) is 4.79 Å². The molecule has 0 fully saturated rings. The van der Waals surface area contributed by atoms with Crippen LogP contribution >= 0.6 is 0 Å². The largest absolute Gasteiger partial charge is 0.403 e. The van der Waals surface area contributed by atoms with E-state index in [4.69, 9.17) is 4.43 Å². The SMILES string of the molecule is CC(C)(C)[Si](C)(C)OC1C(=O)c2ccccc21. The molecule has 92 valence electrons. The number of hydrogen-bond donors (Lipinski definition) is 0. The van der Waals surface area contributed by atoms with Crippen LogP contribution in [-0.4, -0.2) is 14.1 Å². The zero-order chi connectivity index (χ0) is 12.8. The molecule has 1 aliphatic carbocycles. The van der Waals surface area contributed by atoms with E-state index in [0.717, 1.165) is 11.1 Å². The predicted octanol–water partition coefficient (Wildman–Crippen LogP) is 3.95. The van der Waals surface area contributed by atoms with Crippen molar-refractivity contribution in [1.29, 1.82) is 0 Å². The Kier molecular flexibility index (Phi) is 2.79. The van der Waals surface area contributed by atoms with Crippen LogP contribution in [0.1, 0.15) is 42.8 Å².